The molecule has 0 aromatic carbocycles. The van der Waals surface area contributed by atoms with Crippen molar-refractivity contribution < 1.29 is 9.63 Å². The molecular weight excluding hydrogens is 144 g/mol. The summed E-state index contributed by atoms with van der Waals surface area (Å²) in [6.07, 6.45) is 3.09. The molecule has 0 amide bonds. The fourth-order valence-electron chi connectivity index (χ4n) is 0.766. The fraction of sp³-hybridized carbons (Fsp3) is 0.143. The number of aromatic nitrogens is 1. The standard InChI is InChI=1S/C7H8N2O2/c1-5-4-9-3-2-6(5)7(10)11-8/h2-4H,8H2,1H3. The monoisotopic (exact) mass is 152 g/mol. The predicted molar refractivity (Wildman–Crippen MR) is 38.6 cm³/mol. The molecule has 0 spiro atoms. The molecule has 0 fully saturated rings. The lowest BCUT2D eigenvalue weighted by Gasteiger charge is -1.99. The summed E-state index contributed by atoms with van der Waals surface area (Å²) in [5.74, 6) is 4.17. The Hall–Kier alpha value is -1.42. The smallest absolute Gasteiger partial charge is 0.356 e. The van der Waals surface area contributed by atoms with E-state index in [1.807, 2.05) is 0 Å². The lowest BCUT2D eigenvalue weighted by molar-refractivity contribution is 0.0502. The Labute approximate surface area is 63.9 Å². The largest absolute Gasteiger partial charge is 0.370 e. The minimum Gasteiger partial charge on any atom is -0.370 e. The third kappa shape index (κ3) is 1.53. The Morgan fingerprint density at radius 1 is 1.73 bits per heavy atom. The Balaban J connectivity index is 3.03. The highest BCUT2D eigenvalue weighted by atomic mass is 16.7. The molecule has 1 heterocycles. The summed E-state index contributed by atoms with van der Waals surface area (Å²) in [4.78, 5) is 18.7. The molecule has 0 bridgehead atoms. The molecule has 4 heteroatoms. The van der Waals surface area contributed by atoms with Crippen molar-refractivity contribution in [1.82, 2.24) is 4.98 Å². The summed E-state index contributed by atoms with van der Waals surface area (Å²) in [5, 5.41) is 0. The summed E-state index contributed by atoms with van der Waals surface area (Å²) in [6, 6.07) is 1.56. The quantitative estimate of drug-likeness (QED) is 0.592. The molecule has 0 saturated carbocycles. The van der Waals surface area contributed by atoms with Crippen molar-refractivity contribution in [2.45, 2.75) is 6.92 Å². The van der Waals surface area contributed by atoms with Gasteiger partial charge >= 0.3 is 5.97 Å². The van der Waals surface area contributed by atoms with E-state index in [4.69, 9.17) is 5.90 Å². The topological polar surface area (TPSA) is 65.2 Å². The van der Waals surface area contributed by atoms with Crippen LogP contribution < -0.4 is 5.90 Å². The van der Waals surface area contributed by atoms with E-state index < -0.39 is 5.97 Å². The lowest BCUT2D eigenvalue weighted by atomic mass is 10.2. The normalized spacial score (nSPS) is 9.27. The Morgan fingerprint density at radius 3 is 3.00 bits per heavy atom. The van der Waals surface area contributed by atoms with Crippen LogP contribution in [0.4, 0.5) is 0 Å². The molecule has 1 rings (SSSR count). The summed E-state index contributed by atoms with van der Waals surface area (Å²) < 4.78 is 0. The van der Waals surface area contributed by atoms with Crippen LogP contribution in [0.1, 0.15) is 15.9 Å². The number of hydrogen-bond donors (Lipinski definition) is 1. The van der Waals surface area contributed by atoms with Crippen LogP contribution in [0.3, 0.4) is 0 Å². The van der Waals surface area contributed by atoms with E-state index in [1.165, 1.54) is 6.20 Å². The molecule has 1 aromatic heterocycles. The minimum atomic E-state index is -0.537. The van der Waals surface area contributed by atoms with Gasteiger partial charge in [-0.25, -0.2) is 4.79 Å². The summed E-state index contributed by atoms with van der Waals surface area (Å²) in [6.45, 7) is 1.76. The van der Waals surface area contributed by atoms with Gasteiger partial charge in [0.1, 0.15) is 0 Å². The van der Waals surface area contributed by atoms with Crippen LogP contribution in [0.15, 0.2) is 18.5 Å². The lowest BCUT2D eigenvalue weighted by Crippen LogP contribution is -2.11. The number of pyridine rings is 1. The molecule has 2 N–H and O–H groups in total. The Bertz CT molecular complexity index is 273. The van der Waals surface area contributed by atoms with Crippen molar-refractivity contribution in [1.29, 1.82) is 0 Å². The van der Waals surface area contributed by atoms with Crippen molar-refractivity contribution in [3.63, 3.8) is 0 Å². The molecule has 0 atom stereocenters. The van der Waals surface area contributed by atoms with Crippen LogP contribution >= 0.6 is 0 Å². The van der Waals surface area contributed by atoms with Gasteiger partial charge in [0.2, 0.25) is 0 Å². The third-order valence-corrected chi connectivity index (χ3v) is 1.35. The molecule has 11 heavy (non-hydrogen) atoms. The molecule has 0 aliphatic heterocycles. The minimum absolute atomic E-state index is 0.447. The van der Waals surface area contributed by atoms with Crippen molar-refractivity contribution in [2.75, 3.05) is 0 Å². The van der Waals surface area contributed by atoms with Crippen LogP contribution in [-0.4, -0.2) is 11.0 Å². The molecule has 0 saturated heterocycles. The van der Waals surface area contributed by atoms with E-state index in [1.54, 1.807) is 19.2 Å². The molecule has 0 aliphatic carbocycles. The van der Waals surface area contributed by atoms with Gasteiger partial charge in [0, 0.05) is 12.4 Å². The van der Waals surface area contributed by atoms with Gasteiger partial charge in [0.05, 0.1) is 5.56 Å². The van der Waals surface area contributed by atoms with Crippen molar-refractivity contribution in [3.05, 3.63) is 29.6 Å². The summed E-state index contributed by atoms with van der Waals surface area (Å²) in [7, 11) is 0. The van der Waals surface area contributed by atoms with E-state index in [2.05, 4.69) is 9.82 Å². The number of hydrogen-bond acceptors (Lipinski definition) is 4. The highest BCUT2D eigenvalue weighted by molar-refractivity contribution is 5.90. The molecule has 1 aromatic rings. The molecular formula is C7H8N2O2. The highest BCUT2D eigenvalue weighted by Crippen LogP contribution is 2.04. The first kappa shape index (κ1) is 7.68. The predicted octanol–water partition coefficient (Wildman–Crippen LogP) is 0.421. The fourth-order valence-corrected chi connectivity index (χ4v) is 0.766. The Morgan fingerprint density at radius 2 is 2.45 bits per heavy atom. The van der Waals surface area contributed by atoms with Gasteiger partial charge in [-0.05, 0) is 18.6 Å². The highest BCUT2D eigenvalue weighted by Gasteiger charge is 2.07. The van der Waals surface area contributed by atoms with Gasteiger partial charge in [-0.1, -0.05) is 0 Å². The SMILES string of the molecule is Cc1cnccc1C(=O)ON. The maximum absolute atomic E-state index is 10.9. The zero-order chi connectivity index (χ0) is 8.27. The number of nitrogens with zero attached hydrogens (tertiary/aromatic N) is 1. The second-order valence-electron chi connectivity index (χ2n) is 2.10. The zero-order valence-corrected chi connectivity index (χ0v) is 6.07. The van der Waals surface area contributed by atoms with Crippen LogP contribution in [0.25, 0.3) is 0 Å². The molecule has 0 aliphatic rings. The summed E-state index contributed by atoms with van der Waals surface area (Å²) >= 11 is 0. The van der Waals surface area contributed by atoms with E-state index in [9.17, 15) is 4.79 Å². The molecule has 4 nitrogen and oxygen atoms in total. The maximum Gasteiger partial charge on any atom is 0.356 e. The van der Waals surface area contributed by atoms with Crippen molar-refractivity contribution in [3.8, 4) is 0 Å². The zero-order valence-electron chi connectivity index (χ0n) is 6.07. The number of carbonyl (C=O) groups excluding carboxylic acids is 1. The van der Waals surface area contributed by atoms with Gasteiger partial charge in [-0.3, -0.25) is 4.98 Å². The molecule has 58 valence electrons. The van der Waals surface area contributed by atoms with Gasteiger partial charge in [-0.15, -0.1) is 0 Å². The summed E-state index contributed by atoms with van der Waals surface area (Å²) in [5.41, 5.74) is 1.20. The van der Waals surface area contributed by atoms with Gasteiger partial charge in [0.25, 0.3) is 0 Å². The van der Waals surface area contributed by atoms with Crippen LogP contribution in [-0.2, 0) is 4.84 Å². The van der Waals surface area contributed by atoms with E-state index in [-0.39, 0.29) is 0 Å². The maximum atomic E-state index is 10.9. The van der Waals surface area contributed by atoms with Crippen molar-refractivity contribution in [2.24, 2.45) is 5.90 Å². The van der Waals surface area contributed by atoms with E-state index in [0.29, 0.717) is 5.56 Å². The third-order valence-electron chi connectivity index (χ3n) is 1.35. The average Bonchev–Trinajstić information content (AvgIpc) is 2.04. The van der Waals surface area contributed by atoms with Crippen molar-refractivity contribution >= 4 is 5.97 Å². The van der Waals surface area contributed by atoms with Gasteiger partial charge in [0.15, 0.2) is 0 Å². The Kier molecular flexibility index (Phi) is 2.18. The first-order valence-electron chi connectivity index (χ1n) is 3.07. The molecule has 0 unspecified atom stereocenters. The second kappa shape index (κ2) is 3.12. The van der Waals surface area contributed by atoms with Gasteiger partial charge in [-0.2, -0.15) is 5.90 Å². The number of nitrogens with two attached hydrogens (primary N) is 1. The molecule has 0 radical (unpaired) electrons. The second-order valence-corrected chi connectivity index (χ2v) is 2.10. The first-order chi connectivity index (χ1) is 5.25. The van der Waals surface area contributed by atoms with Crippen LogP contribution in [0.2, 0.25) is 0 Å². The van der Waals surface area contributed by atoms with E-state index >= 15 is 0 Å². The number of aryl methyl sites for hydroxylation is 1. The van der Waals surface area contributed by atoms with Crippen LogP contribution in [0, 0.1) is 6.92 Å². The number of rotatable bonds is 1. The first-order valence-corrected chi connectivity index (χ1v) is 3.07. The van der Waals surface area contributed by atoms with Gasteiger partial charge < -0.3 is 4.84 Å². The number of carbonyl (C=O) groups is 1. The van der Waals surface area contributed by atoms with Crippen LogP contribution in [0.5, 0.6) is 0 Å². The van der Waals surface area contributed by atoms with E-state index in [0.717, 1.165) is 5.56 Å². The average molecular weight is 152 g/mol.